The van der Waals surface area contributed by atoms with E-state index in [0.717, 1.165) is 16.3 Å². The van der Waals surface area contributed by atoms with E-state index in [1.807, 2.05) is 35.2 Å². The summed E-state index contributed by atoms with van der Waals surface area (Å²) < 4.78 is 11.1. The molecule has 0 atom stereocenters. The summed E-state index contributed by atoms with van der Waals surface area (Å²) in [6.07, 6.45) is 0.455. The fourth-order valence-corrected chi connectivity index (χ4v) is 3.67. The van der Waals surface area contributed by atoms with E-state index >= 15 is 0 Å². The van der Waals surface area contributed by atoms with Crippen molar-refractivity contribution >= 4 is 28.4 Å². The lowest BCUT2D eigenvalue weighted by Gasteiger charge is -2.26. The van der Waals surface area contributed by atoms with E-state index < -0.39 is 0 Å². The Hall–Kier alpha value is -2.38. The fraction of sp³-hybridized carbons (Fsp3) is 0.316. The second-order valence-electron chi connectivity index (χ2n) is 5.99. The highest BCUT2D eigenvalue weighted by molar-refractivity contribution is 7.99. The number of ether oxygens (including phenoxy) is 1. The average molecular weight is 369 g/mol. The molecule has 1 aliphatic heterocycles. The molecule has 26 heavy (non-hydrogen) atoms. The van der Waals surface area contributed by atoms with Crippen LogP contribution >= 0.6 is 11.8 Å². The highest BCUT2D eigenvalue weighted by Gasteiger charge is 2.17. The molecule has 7 heteroatoms. The standard InChI is InChI=1S/C19H19N3O3S/c23-17(22-9-11-24-12-10-22)8-13-26-19-21-20-18(25-19)16-7-3-5-14-4-1-2-6-15(14)16/h1-7H,8-13H2. The van der Waals surface area contributed by atoms with Gasteiger partial charge >= 0.3 is 0 Å². The van der Waals surface area contributed by atoms with Crippen LogP contribution < -0.4 is 0 Å². The number of hydrogen-bond acceptors (Lipinski definition) is 6. The van der Waals surface area contributed by atoms with Crippen LogP contribution in [0.2, 0.25) is 0 Å². The number of fused-ring (bicyclic) bond motifs is 1. The minimum absolute atomic E-state index is 0.148. The predicted octanol–water partition coefficient (Wildman–Crippen LogP) is 3.23. The number of aromatic nitrogens is 2. The Morgan fingerprint density at radius 1 is 1.08 bits per heavy atom. The fourth-order valence-electron chi connectivity index (χ4n) is 2.99. The number of carbonyl (C=O) groups is 1. The van der Waals surface area contributed by atoms with Gasteiger partial charge in [-0.25, -0.2) is 0 Å². The molecule has 1 saturated heterocycles. The van der Waals surface area contributed by atoms with Crippen LogP contribution in [0.25, 0.3) is 22.2 Å². The Labute approximate surface area is 155 Å². The maximum absolute atomic E-state index is 12.2. The van der Waals surface area contributed by atoms with Crippen molar-refractivity contribution in [3.05, 3.63) is 42.5 Å². The number of rotatable bonds is 5. The number of morpholine rings is 1. The topological polar surface area (TPSA) is 68.5 Å². The van der Waals surface area contributed by atoms with E-state index in [2.05, 4.69) is 22.3 Å². The van der Waals surface area contributed by atoms with Crippen LogP contribution in [0.1, 0.15) is 6.42 Å². The molecule has 0 saturated carbocycles. The van der Waals surface area contributed by atoms with Gasteiger partial charge in [0.15, 0.2) is 0 Å². The zero-order valence-corrected chi connectivity index (χ0v) is 15.1. The second-order valence-corrected chi connectivity index (χ2v) is 7.04. The molecular weight excluding hydrogens is 350 g/mol. The van der Waals surface area contributed by atoms with E-state index in [9.17, 15) is 4.79 Å². The van der Waals surface area contributed by atoms with Crippen LogP contribution in [0.4, 0.5) is 0 Å². The molecule has 2 heterocycles. The minimum atomic E-state index is 0.148. The van der Waals surface area contributed by atoms with E-state index in [-0.39, 0.29) is 5.91 Å². The first-order valence-corrected chi connectivity index (χ1v) is 9.60. The molecule has 6 nitrogen and oxygen atoms in total. The minimum Gasteiger partial charge on any atom is -0.411 e. The van der Waals surface area contributed by atoms with E-state index in [1.54, 1.807) is 0 Å². The summed E-state index contributed by atoms with van der Waals surface area (Å²) in [4.78, 5) is 14.0. The van der Waals surface area contributed by atoms with Gasteiger partial charge in [0.2, 0.25) is 11.8 Å². The number of hydrogen-bond donors (Lipinski definition) is 0. The first-order valence-electron chi connectivity index (χ1n) is 8.61. The summed E-state index contributed by atoms with van der Waals surface area (Å²) in [6, 6.07) is 14.1. The average Bonchev–Trinajstić information content (AvgIpc) is 3.17. The number of nitrogens with zero attached hydrogens (tertiary/aromatic N) is 3. The molecule has 0 unspecified atom stereocenters. The number of thioether (sulfide) groups is 1. The van der Waals surface area contributed by atoms with Gasteiger partial charge in [-0.2, -0.15) is 0 Å². The van der Waals surface area contributed by atoms with Gasteiger partial charge in [-0.15, -0.1) is 10.2 Å². The van der Waals surface area contributed by atoms with Crippen LogP contribution in [0, 0.1) is 0 Å². The molecule has 2 aromatic carbocycles. The molecule has 1 fully saturated rings. The molecule has 0 N–H and O–H groups in total. The predicted molar refractivity (Wildman–Crippen MR) is 100.0 cm³/mol. The molecule has 1 amide bonds. The Balaban J connectivity index is 1.39. The van der Waals surface area contributed by atoms with Crippen molar-refractivity contribution in [1.29, 1.82) is 0 Å². The maximum Gasteiger partial charge on any atom is 0.276 e. The van der Waals surface area contributed by atoms with Crippen molar-refractivity contribution in [3.63, 3.8) is 0 Å². The van der Waals surface area contributed by atoms with Crippen LogP contribution in [-0.2, 0) is 9.53 Å². The Kier molecular flexibility index (Phi) is 5.17. The number of benzene rings is 2. The Morgan fingerprint density at radius 3 is 2.77 bits per heavy atom. The molecule has 0 radical (unpaired) electrons. The monoisotopic (exact) mass is 369 g/mol. The van der Waals surface area contributed by atoms with Crippen LogP contribution in [-0.4, -0.2) is 53.1 Å². The third-order valence-corrected chi connectivity index (χ3v) is 5.15. The van der Waals surface area contributed by atoms with Gasteiger partial charge in [-0.05, 0) is 16.8 Å². The largest absolute Gasteiger partial charge is 0.411 e. The molecule has 1 aromatic heterocycles. The number of carbonyl (C=O) groups excluding carboxylic acids is 1. The van der Waals surface area contributed by atoms with Crippen LogP contribution in [0.15, 0.2) is 52.1 Å². The molecule has 0 spiro atoms. The lowest BCUT2D eigenvalue weighted by atomic mass is 10.0. The molecule has 4 rings (SSSR count). The van der Waals surface area contributed by atoms with E-state index in [1.165, 1.54) is 11.8 Å². The van der Waals surface area contributed by atoms with Crippen molar-refractivity contribution in [2.75, 3.05) is 32.1 Å². The van der Waals surface area contributed by atoms with Gasteiger partial charge in [0.05, 0.1) is 13.2 Å². The zero-order chi connectivity index (χ0) is 17.8. The molecule has 134 valence electrons. The van der Waals surface area contributed by atoms with Gasteiger partial charge < -0.3 is 14.1 Å². The summed E-state index contributed by atoms with van der Waals surface area (Å²) in [5, 5.41) is 11.0. The molecule has 0 aliphatic carbocycles. The van der Waals surface area contributed by atoms with Crippen molar-refractivity contribution in [2.45, 2.75) is 11.6 Å². The Morgan fingerprint density at radius 2 is 1.88 bits per heavy atom. The van der Waals surface area contributed by atoms with Gasteiger partial charge in [-0.3, -0.25) is 4.79 Å². The summed E-state index contributed by atoms with van der Waals surface area (Å²) in [5.41, 5.74) is 0.923. The first kappa shape index (κ1) is 17.1. The van der Waals surface area contributed by atoms with Crippen molar-refractivity contribution in [3.8, 4) is 11.5 Å². The van der Waals surface area contributed by atoms with Crippen LogP contribution in [0.3, 0.4) is 0 Å². The highest BCUT2D eigenvalue weighted by atomic mass is 32.2. The lowest BCUT2D eigenvalue weighted by Crippen LogP contribution is -2.40. The smallest absolute Gasteiger partial charge is 0.276 e. The summed E-state index contributed by atoms with van der Waals surface area (Å²) in [7, 11) is 0. The van der Waals surface area contributed by atoms with Crippen molar-refractivity contribution < 1.29 is 13.9 Å². The first-order chi connectivity index (χ1) is 12.8. The third kappa shape index (κ3) is 3.73. The quantitative estimate of drug-likeness (QED) is 0.643. The summed E-state index contributed by atoms with van der Waals surface area (Å²) in [5.74, 6) is 1.27. The molecular formula is C19H19N3O3S. The zero-order valence-electron chi connectivity index (χ0n) is 14.3. The molecule has 1 aliphatic rings. The van der Waals surface area contributed by atoms with E-state index in [4.69, 9.17) is 9.15 Å². The van der Waals surface area contributed by atoms with Gasteiger partial charge in [0.25, 0.3) is 5.22 Å². The van der Waals surface area contributed by atoms with E-state index in [0.29, 0.717) is 49.6 Å². The highest BCUT2D eigenvalue weighted by Crippen LogP contribution is 2.29. The summed E-state index contributed by atoms with van der Waals surface area (Å²) in [6.45, 7) is 2.60. The number of amides is 1. The SMILES string of the molecule is O=C(CCSc1nnc(-c2cccc3ccccc23)o1)N1CCOCC1. The van der Waals surface area contributed by atoms with Gasteiger partial charge in [0.1, 0.15) is 0 Å². The van der Waals surface area contributed by atoms with Gasteiger partial charge in [0, 0.05) is 30.8 Å². The second kappa shape index (κ2) is 7.88. The normalized spacial score (nSPS) is 14.7. The lowest BCUT2D eigenvalue weighted by molar-refractivity contribution is -0.134. The van der Waals surface area contributed by atoms with Crippen molar-refractivity contribution in [2.24, 2.45) is 0 Å². The maximum atomic E-state index is 12.2. The summed E-state index contributed by atoms with van der Waals surface area (Å²) >= 11 is 1.41. The van der Waals surface area contributed by atoms with Crippen LogP contribution in [0.5, 0.6) is 0 Å². The Bertz CT molecular complexity index is 900. The third-order valence-electron chi connectivity index (χ3n) is 4.33. The molecule has 0 bridgehead atoms. The van der Waals surface area contributed by atoms with Gasteiger partial charge in [-0.1, -0.05) is 48.2 Å². The van der Waals surface area contributed by atoms with Crippen molar-refractivity contribution in [1.82, 2.24) is 15.1 Å². The molecule has 3 aromatic rings.